The van der Waals surface area contributed by atoms with Gasteiger partial charge in [-0.15, -0.1) is 0 Å². The molecule has 1 fully saturated rings. The van der Waals surface area contributed by atoms with Gasteiger partial charge in [-0.05, 0) is 19.0 Å². The van der Waals surface area contributed by atoms with Crippen molar-refractivity contribution in [1.29, 1.82) is 0 Å². The second-order valence-electron chi connectivity index (χ2n) is 5.88. The number of hydrogen-bond donors (Lipinski definition) is 1. The zero-order chi connectivity index (χ0) is 13.7. The summed E-state index contributed by atoms with van der Waals surface area (Å²) in [6.07, 6.45) is 1.27. The van der Waals surface area contributed by atoms with Crippen molar-refractivity contribution in [2.24, 2.45) is 0 Å². The lowest BCUT2D eigenvalue weighted by molar-refractivity contribution is 0.203. The van der Waals surface area contributed by atoms with Crippen LogP contribution in [0.3, 0.4) is 0 Å². The van der Waals surface area contributed by atoms with E-state index in [1.54, 1.807) is 0 Å². The van der Waals surface area contributed by atoms with E-state index in [4.69, 9.17) is 0 Å². The third-order valence-electron chi connectivity index (χ3n) is 3.89. The Kier molecular flexibility index (Phi) is 5.31. The van der Waals surface area contributed by atoms with E-state index in [1.165, 1.54) is 30.8 Å². The lowest BCUT2D eigenvalue weighted by Gasteiger charge is -2.31. The normalized spacial score (nSPS) is 21.8. The van der Waals surface area contributed by atoms with Crippen LogP contribution in [0.4, 0.5) is 0 Å². The Bertz CT molecular complexity index is 378. The van der Waals surface area contributed by atoms with Crippen LogP contribution in [0, 0.1) is 0 Å². The molecule has 0 radical (unpaired) electrons. The van der Waals surface area contributed by atoms with Gasteiger partial charge in [-0.2, -0.15) is 11.8 Å². The monoisotopic (exact) mass is 278 g/mol. The van der Waals surface area contributed by atoms with Crippen molar-refractivity contribution in [1.82, 2.24) is 10.2 Å². The fraction of sp³-hybridized carbons (Fsp3) is 0.625. The first-order valence-corrected chi connectivity index (χ1v) is 8.18. The molecular weight excluding hydrogens is 252 g/mol. The molecule has 0 aromatic heterocycles. The minimum Gasteiger partial charge on any atom is -0.318 e. The van der Waals surface area contributed by atoms with Gasteiger partial charge in [0.2, 0.25) is 0 Å². The molecule has 19 heavy (non-hydrogen) atoms. The summed E-state index contributed by atoms with van der Waals surface area (Å²) >= 11 is 2.11. The Labute approximate surface area is 122 Å². The van der Waals surface area contributed by atoms with Gasteiger partial charge in [0.25, 0.3) is 0 Å². The van der Waals surface area contributed by atoms with E-state index in [0.717, 1.165) is 6.54 Å². The molecule has 1 aliphatic rings. The van der Waals surface area contributed by atoms with Gasteiger partial charge in [0.15, 0.2) is 0 Å². The Balaban J connectivity index is 2.11. The number of thioether (sulfide) groups is 1. The summed E-state index contributed by atoms with van der Waals surface area (Å²) in [5, 5.41) is 3.36. The van der Waals surface area contributed by atoms with Crippen LogP contribution in [0.2, 0.25) is 0 Å². The van der Waals surface area contributed by atoms with Crippen molar-refractivity contribution in [3.05, 3.63) is 35.9 Å². The minimum atomic E-state index is 0.426. The SMILES string of the molecule is CNCC(c1ccccc1)N1CCSC(C)(C)CC1. The fourth-order valence-electron chi connectivity index (χ4n) is 2.67. The molecule has 1 aromatic rings. The number of hydrogen-bond acceptors (Lipinski definition) is 3. The lowest BCUT2D eigenvalue weighted by atomic mass is 10.0. The number of likely N-dealkylation sites (N-methyl/N-ethyl adjacent to an activating group) is 1. The van der Waals surface area contributed by atoms with Crippen LogP contribution < -0.4 is 5.32 Å². The molecule has 0 amide bonds. The first-order valence-electron chi connectivity index (χ1n) is 7.20. The van der Waals surface area contributed by atoms with Gasteiger partial charge in [0, 0.05) is 36.2 Å². The molecule has 2 rings (SSSR count). The summed E-state index contributed by atoms with van der Waals surface area (Å²) < 4.78 is 0.426. The van der Waals surface area contributed by atoms with Crippen molar-refractivity contribution < 1.29 is 0 Å². The molecule has 3 heteroatoms. The highest BCUT2D eigenvalue weighted by atomic mass is 32.2. The Morgan fingerprint density at radius 1 is 1.26 bits per heavy atom. The summed E-state index contributed by atoms with van der Waals surface area (Å²) in [6, 6.07) is 11.4. The second kappa shape index (κ2) is 6.78. The molecule has 1 unspecified atom stereocenters. The van der Waals surface area contributed by atoms with Gasteiger partial charge in [0.05, 0.1) is 0 Å². The van der Waals surface area contributed by atoms with Crippen LogP contribution in [0.5, 0.6) is 0 Å². The molecule has 0 spiro atoms. The molecule has 1 saturated heterocycles. The van der Waals surface area contributed by atoms with Crippen molar-refractivity contribution in [2.75, 3.05) is 32.4 Å². The number of benzene rings is 1. The van der Waals surface area contributed by atoms with Crippen LogP contribution >= 0.6 is 11.8 Å². The van der Waals surface area contributed by atoms with Crippen molar-refractivity contribution >= 4 is 11.8 Å². The standard InChI is InChI=1S/C16H26N2S/c1-16(2)9-10-18(11-12-19-16)15(13-17-3)14-7-5-4-6-8-14/h4-8,15,17H,9-13H2,1-3H3. The molecule has 1 atom stereocenters. The van der Waals surface area contributed by atoms with E-state index in [1.807, 2.05) is 7.05 Å². The third kappa shape index (κ3) is 4.23. The largest absolute Gasteiger partial charge is 0.318 e. The summed E-state index contributed by atoms with van der Waals surface area (Å²) in [4.78, 5) is 2.65. The summed E-state index contributed by atoms with van der Waals surface area (Å²) in [5.74, 6) is 1.24. The van der Waals surface area contributed by atoms with E-state index in [2.05, 4.69) is 66.2 Å². The lowest BCUT2D eigenvalue weighted by Crippen LogP contribution is -2.36. The quantitative estimate of drug-likeness (QED) is 0.911. The third-order valence-corrected chi connectivity index (χ3v) is 5.27. The van der Waals surface area contributed by atoms with Gasteiger partial charge in [0.1, 0.15) is 0 Å². The molecule has 1 aromatic carbocycles. The number of rotatable bonds is 4. The molecule has 2 nitrogen and oxygen atoms in total. The number of nitrogens with one attached hydrogen (secondary N) is 1. The number of nitrogens with zero attached hydrogens (tertiary/aromatic N) is 1. The molecular formula is C16H26N2S. The highest BCUT2D eigenvalue weighted by Gasteiger charge is 2.27. The van der Waals surface area contributed by atoms with Crippen LogP contribution in [0.25, 0.3) is 0 Å². The first kappa shape index (κ1) is 14.9. The van der Waals surface area contributed by atoms with E-state index in [0.29, 0.717) is 10.8 Å². The van der Waals surface area contributed by atoms with E-state index < -0.39 is 0 Å². The topological polar surface area (TPSA) is 15.3 Å². The average molecular weight is 278 g/mol. The van der Waals surface area contributed by atoms with E-state index in [-0.39, 0.29) is 0 Å². The maximum absolute atomic E-state index is 3.36. The molecule has 0 bridgehead atoms. The zero-order valence-electron chi connectivity index (χ0n) is 12.4. The minimum absolute atomic E-state index is 0.426. The average Bonchev–Trinajstić information content (AvgIpc) is 2.58. The molecule has 0 aliphatic carbocycles. The van der Waals surface area contributed by atoms with Crippen molar-refractivity contribution in [3.63, 3.8) is 0 Å². The van der Waals surface area contributed by atoms with E-state index >= 15 is 0 Å². The van der Waals surface area contributed by atoms with E-state index in [9.17, 15) is 0 Å². The molecule has 106 valence electrons. The van der Waals surface area contributed by atoms with Gasteiger partial charge < -0.3 is 5.32 Å². The zero-order valence-corrected chi connectivity index (χ0v) is 13.2. The highest BCUT2D eigenvalue weighted by molar-refractivity contribution is 8.00. The van der Waals surface area contributed by atoms with Crippen molar-refractivity contribution in [2.45, 2.75) is 31.1 Å². The van der Waals surface area contributed by atoms with Crippen LogP contribution in [-0.2, 0) is 0 Å². The molecule has 1 N–H and O–H groups in total. The maximum atomic E-state index is 3.36. The van der Waals surface area contributed by atoms with Crippen LogP contribution in [0.1, 0.15) is 31.9 Å². The Hall–Kier alpha value is -0.510. The van der Waals surface area contributed by atoms with Crippen LogP contribution in [-0.4, -0.2) is 42.1 Å². The Morgan fingerprint density at radius 3 is 2.68 bits per heavy atom. The smallest absolute Gasteiger partial charge is 0.0472 e. The maximum Gasteiger partial charge on any atom is 0.0472 e. The second-order valence-corrected chi connectivity index (χ2v) is 7.68. The molecule has 1 heterocycles. The molecule has 0 saturated carbocycles. The van der Waals surface area contributed by atoms with Gasteiger partial charge >= 0.3 is 0 Å². The Morgan fingerprint density at radius 2 is 2.00 bits per heavy atom. The summed E-state index contributed by atoms with van der Waals surface area (Å²) in [7, 11) is 2.05. The fourth-order valence-corrected chi connectivity index (χ4v) is 3.79. The predicted octanol–water partition coefficient (Wildman–Crippen LogP) is 3.16. The van der Waals surface area contributed by atoms with Gasteiger partial charge in [-0.1, -0.05) is 44.2 Å². The van der Waals surface area contributed by atoms with Crippen LogP contribution in [0.15, 0.2) is 30.3 Å². The van der Waals surface area contributed by atoms with Gasteiger partial charge in [-0.3, -0.25) is 4.90 Å². The first-order chi connectivity index (χ1) is 9.12. The van der Waals surface area contributed by atoms with Gasteiger partial charge in [-0.25, -0.2) is 0 Å². The predicted molar refractivity (Wildman–Crippen MR) is 85.8 cm³/mol. The summed E-state index contributed by atoms with van der Waals surface area (Å²) in [5.41, 5.74) is 1.43. The highest BCUT2D eigenvalue weighted by Crippen LogP contribution is 2.33. The summed E-state index contributed by atoms with van der Waals surface area (Å²) in [6.45, 7) is 8.15. The van der Waals surface area contributed by atoms with Crippen molar-refractivity contribution in [3.8, 4) is 0 Å². The molecule has 1 aliphatic heterocycles.